The fraction of sp³-hybridized carbons (Fsp3) is 0.583. The van der Waals surface area contributed by atoms with Gasteiger partial charge in [-0.05, 0) is 46.3 Å². The quantitative estimate of drug-likeness (QED) is 0.777. The molecule has 88 valence electrons. The summed E-state index contributed by atoms with van der Waals surface area (Å²) in [5, 5.41) is 0. The molecule has 0 radical (unpaired) electrons. The summed E-state index contributed by atoms with van der Waals surface area (Å²) in [4.78, 5) is 15.1. The highest BCUT2D eigenvalue weighted by Gasteiger charge is 2.30. The van der Waals surface area contributed by atoms with Gasteiger partial charge in [-0.3, -0.25) is 4.79 Å². The number of hydrogen-bond donors (Lipinski definition) is 0. The van der Waals surface area contributed by atoms with Gasteiger partial charge in [-0.15, -0.1) is 11.3 Å². The first-order valence-electron chi connectivity index (χ1n) is 5.54. The summed E-state index contributed by atoms with van der Waals surface area (Å²) in [5.41, 5.74) is 1.15. The van der Waals surface area contributed by atoms with Crippen LogP contribution < -0.4 is 0 Å². The van der Waals surface area contributed by atoms with Crippen molar-refractivity contribution in [3.8, 4) is 0 Å². The number of carbonyl (C=O) groups excluding carboxylic acids is 1. The molecule has 0 N–H and O–H groups in total. The van der Waals surface area contributed by atoms with Crippen LogP contribution in [0, 0.1) is 18.8 Å². The van der Waals surface area contributed by atoms with Gasteiger partial charge in [0.2, 0.25) is 0 Å². The highest BCUT2D eigenvalue weighted by Crippen LogP contribution is 2.30. The minimum atomic E-state index is 0.190. The summed E-state index contributed by atoms with van der Waals surface area (Å²) in [7, 11) is 0. The van der Waals surface area contributed by atoms with Gasteiger partial charge in [0.25, 0.3) is 5.91 Å². The van der Waals surface area contributed by atoms with E-state index in [1.165, 1.54) is 11.3 Å². The third-order valence-electron chi connectivity index (χ3n) is 3.34. The normalized spacial score (nSPS) is 25.1. The second-order valence-electron chi connectivity index (χ2n) is 4.73. The van der Waals surface area contributed by atoms with Crippen LogP contribution in [0.4, 0.5) is 0 Å². The number of halogens is 1. The fourth-order valence-corrected chi connectivity index (χ4v) is 3.52. The van der Waals surface area contributed by atoms with Crippen LogP contribution in [-0.2, 0) is 0 Å². The summed E-state index contributed by atoms with van der Waals surface area (Å²) in [6.45, 7) is 8.25. The smallest absolute Gasteiger partial charge is 0.263 e. The molecule has 0 saturated carbocycles. The molecule has 2 atom stereocenters. The molecule has 0 bridgehead atoms. The van der Waals surface area contributed by atoms with Gasteiger partial charge in [0.15, 0.2) is 0 Å². The van der Waals surface area contributed by atoms with Gasteiger partial charge in [-0.1, -0.05) is 13.8 Å². The van der Waals surface area contributed by atoms with E-state index in [9.17, 15) is 4.79 Å². The molecule has 1 amide bonds. The van der Waals surface area contributed by atoms with Crippen molar-refractivity contribution in [1.29, 1.82) is 0 Å². The van der Waals surface area contributed by atoms with Gasteiger partial charge in [0.05, 0.1) is 8.66 Å². The Hall–Kier alpha value is -0.350. The van der Waals surface area contributed by atoms with E-state index < -0.39 is 0 Å². The molecule has 1 saturated heterocycles. The van der Waals surface area contributed by atoms with Crippen LogP contribution >= 0.6 is 27.3 Å². The number of likely N-dealkylation sites (tertiary alicyclic amines) is 1. The molecular weight excluding hydrogens is 286 g/mol. The van der Waals surface area contributed by atoms with Crippen molar-refractivity contribution < 1.29 is 4.79 Å². The van der Waals surface area contributed by atoms with Crippen LogP contribution in [0.1, 0.15) is 29.1 Å². The number of aryl methyl sites for hydroxylation is 1. The van der Waals surface area contributed by atoms with E-state index in [1.54, 1.807) is 0 Å². The van der Waals surface area contributed by atoms with Crippen LogP contribution in [0.15, 0.2) is 9.85 Å². The van der Waals surface area contributed by atoms with Crippen LogP contribution in [0.3, 0.4) is 0 Å². The summed E-state index contributed by atoms with van der Waals surface area (Å²) < 4.78 is 1.07. The number of rotatable bonds is 1. The van der Waals surface area contributed by atoms with E-state index in [2.05, 4.69) is 29.8 Å². The molecule has 1 fully saturated rings. The zero-order valence-corrected chi connectivity index (χ0v) is 12.2. The number of thiophene rings is 1. The number of carbonyl (C=O) groups is 1. The van der Waals surface area contributed by atoms with E-state index in [-0.39, 0.29) is 5.91 Å². The standard InChI is InChI=1S/C12H16BrNOS/c1-7-4-10(16-11(7)13)12(15)14-5-8(2)9(3)6-14/h4,8-9H,5-6H2,1-3H3. The molecule has 0 aliphatic carbocycles. The molecule has 0 aromatic carbocycles. The van der Waals surface area contributed by atoms with Gasteiger partial charge in [0.1, 0.15) is 0 Å². The maximum atomic E-state index is 12.2. The first-order chi connectivity index (χ1) is 7.49. The number of nitrogens with zero attached hydrogens (tertiary/aromatic N) is 1. The second-order valence-corrected chi connectivity index (χ2v) is 7.10. The van der Waals surface area contributed by atoms with E-state index in [4.69, 9.17) is 0 Å². The van der Waals surface area contributed by atoms with E-state index >= 15 is 0 Å². The van der Waals surface area contributed by atoms with Crippen molar-refractivity contribution in [2.45, 2.75) is 20.8 Å². The predicted octanol–water partition coefficient (Wildman–Crippen LogP) is 3.55. The van der Waals surface area contributed by atoms with Crippen molar-refractivity contribution in [1.82, 2.24) is 4.90 Å². The first kappa shape index (κ1) is 12.1. The van der Waals surface area contributed by atoms with Crippen molar-refractivity contribution in [2.75, 3.05) is 13.1 Å². The SMILES string of the molecule is Cc1cc(C(=O)N2CC(C)C(C)C2)sc1Br. The molecular formula is C12H16BrNOS. The van der Waals surface area contributed by atoms with Gasteiger partial charge in [-0.2, -0.15) is 0 Å². The summed E-state index contributed by atoms with van der Waals surface area (Å²) in [6.07, 6.45) is 0. The maximum absolute atomic E-state index is 12.2. The Morgan fingerprint density at radius 3 is 2.44 bits per heavy atom. The molecule has 0 spiro atoms. The minimum Gasteiger partial charge on any atom is -0.337 e. The molecule has 2 rings (SSSR count). The second kappa shape index (κ2) is 4.49. The third kappa shape index (κ3) is 2.18. The predicted molar refractivity (Wildman–Crippen MR) is 71.0 cm³/mol. The molecule has 16 heavy (non-hydrogen) atoms. The zero-order chi connectivity index (χ0) is 11.9. The lowest BCUT2D eigenvalue weighted by Gasteiger charge is -2.14. The van der Waals surface area contributed by atoms with Crippen molar-refractivity contribution >= 4 is 33.2 Å². The van der Waals surface area contributed by atoms with Crippen LogP contribution in [-0.4, -0.2) is 23.9 Å². The lowest BCUT2D eigenvalue weighted by atomic mass is 10.0. The van der Waals surface area contributed by atoms with Crippen molar-refractivity contribution in [3.05, 3.63) is 20.3 Å². The Morgan fingerprint density at radius 1 is 1.44 bits per heavy atom. The molecule has 1 aliphatic heterocycles. The zero-order valence-electron chi connectivity index (χ0n) is 9.79. The number of amides is 1. The lowest BCUT2D eigenvalue weighted by molar-refractivity contribution is 0.0789. The van der Waals surface area contributed by atoms with Gasteiger partial charge in [0, 0.05) is 13.1 Å². The van der Waals surface area contributed by atoms with Crippen LogP contribution in [0.25, 0.3) is 0 Å². The minimum absolute atomic E-state index is 0.190. The summed E-state index contributed by atoms with van der Waals surface area (Å²) in [6, 6.07) is 1.98. The van der Waals surface area contributed by atoms with Gasteiger partial charge in [-0.25, -0.2) is 0 Å². The summed E-state index contributed by atoms with van der Waals surface area (Å²) in [5.74, 6) is 1.43. The fourth-order valence-electron chi connectivity index (χ4n) is 2.02. The van der Waals surface area contributed by atoms with E-state index in [1.807, 2.05) is 17.9 Å². The molecule has 1 aromatic heterocycles. The maximum Gasteiger partial charge on any atom is 0.263 e. The lowest BCUT2D eigenvalue weighted by Crippen LogP contribution is -2.28. The van der Waals surface area contributed by atoms with Crippen molar-refractivity contribution in [3.63, 3.8) is 0 Å². The molecule has 2 unspecified atom stereocenters. The Morgan fingerprint density at radius 2 is 2.00 bits per heavy atom. The Balaban J connectivity index is 2.14. The largest absolute Gasteiger partial charge is 0.337 e. The van der Waals surface area contributed by atoms with Crippen molar-refractivity contribution in [2.24, 2.45) is 11.8 Å². The van der Waals surface area contributed by atoms with Gasteiger partial charge < -0.3 is 4.90 Å². The Bertz CT molecular complexity index is 386. The summed E-state index contributed by atoms with van der Waals surface area (Å²) >= 11 is 5.00. The highest BCUT2D eigenvalue weighted by molar-refractivity contribution is 9.11. The topological polar surface area (TPSA) is 20.3 Å². The Labute approximate surface area is 109 Å². The molecule has 4 heteroatoms. The Kier molecular flexibility index (Phi) is 3.40. The monoisotopic (exact) mass is 301 g/mol. The van der Waals surface area contributed by atoms with Crippen LogP contribution in [0.5, 0.6) is 0 Å². The number of hydrogen-bond acceptors (Lipinski definition) is 2. The average molecular weight is 302 g/mol. The first-order valence-corrected chi connectivity index (χ1v) is 7.15. The molecule has 2 nitrogen and oxygen atoms in total. The van der Waals surface area contributed by atoms with Gasteiger partial charge >= 0.3 is 0 Å². The van der Waals surface area contributed by atoms with E-state index in [0.717, 1.165) is 27.3 Å². The average Bonchev–Trinajstić information content (AvgIpc) is 2.72. The third-order valence-corrected chi connectivity index (χ3v) is 5.47. The van der Waals surface area contributed by atoms with E-state index in [0.29, 0.717) is 11.8 Å². The highest BCUT2D eigenvalue weighted by atomic mass is 79.9. The molecule has 2 heterocycles. The van der Waals surface area contributed by atoms with Crippen LogP contribution in [0.2, 0.25) is 0 Å². The molecule has 1 aromatic rings. The molecule has 1 aliphatic rings.